The van der Waals surface area contributed by atoms with Gasteiger partial charge in [0.15, 0.2) is 6.10 Å². The number of carbonyl (C=O) groups is 3. The Morgan fingerprint density at radius 1 is 0.358 bits per heavy atom. The predicted octanol–water partition coefficient (Wildman–Crippen LogP) is 14.7. The second kappa shape index (κ2) is 41.6. The Balaban J connectivity index is 4.20. The highest BCUT2D eigenvalue weighted by Crippen LogP contribution is 2.16. The zero-order valence-electron chi connectivity index (χ0n) is 36.0. The van der Waals surface area contributed by atoms with E-state index in [1.807, 2.05) is 0 Å². The maximum Gasteiger partial charge on any atom is 0.306 e. The molecule has 1 atom stereocenters. The Morgan fingerprint density at radius 2 is 0.623 bits per heavy atom. The molecule has 53 heavy (non-hydrogen) atoms. The van der Waals surface area contributed by atoms with Crippen LogP contribution in [0.15, 0.2) is 0 Å². The number of ether oxygens (including phenoxy) is 3. The molecule has 0 fully saturated rings. The summed E-state index contributed by atoms with van der Waals surface area (Å²) in [6, 6.07) is 0. The average molecular weight is 751 g/mol. The molecule has 0 amide bonds. The van der Waals surface area contributed by atoms with Gasteiger partial charge in [-0.05, 0) is 25.2 Å². The lowest BCUT2D eigenvalue weighted by Gasteiger charge is -2.18. The Bertz CT molecular complexity index is 796. The summed E-state index contributed by atoms with van der Waals surface area (Å²) in [5, 5.41) is 0. The summed E-state index contributed by atoms with van der Waals surface area (Å²) in [6.07, 6.45) is 41.1. The Morgan fingerprint density at radius 3 is 0.925 bits per heavy atom. The maximum absolute atomic E-state index is 12.7. The Kier molecular flexibility index (Phi) is 40.3. The van der Waals surface area contributed by atoms with Crippen molar-refractivity contribution in [2.24, 2.45) is 5.92 Å². The van der Waals surface area contributed by atoms with Gasteiger partial charge in [0, 0.05) is 19.3 Å². The SMILES string of the molecule is CCCCCCCCCCCCCCCCCCCCC(=O)O[C@H](COC(=O)CCCCCCCCC)COC(=O)CCCCCCCCCC(C)C. The minimum Gasteiger partial charge on any atom is -0.462 e. The lowest BCUT2D eigenvalue weighted by atomic mass is 10.0. The summed E-state index contributed by atoms with van der Waals surface area (Å²) in [7, 11) is 0. The van der Waals surface area contributed by atoms with E-state index in [9.17, 15) is 14.4 Å². The summed E-state index contributed by atoms with van der Waals surface area (Å²) in [5.41, 5.74) is 0. The fourth-order valence-corrected chi connectivity index (χ4v) is 6.98. The molecule has 0 N–H and O–H groups in total. The number of unbranched alkanes of at least 4 members (excludes halogenated alkanes) is 29. The van der Waals surface area contributed by atoms with Gasteiger partial charge in [0.1, 0.15) is 13.2 Å². The molecular weight excluding hydrogens is 661 g/mol. The van der Waals surface area contributed by atoms with Gasteiger partial charge < -0.3 is 14.2 Å². The van der Waals surface area contributed by atoms with E-state index in [0.717, 1.165) is 63.7 Å². The molecular formula is C47H90O6. The smallest absolute Gasteiger partial charge is 0.306 e. The van der Waals surface area contributed by atoms with Crippen LogP contribution in [-0.2, 0) is 28.6 Å². The highest BCUT2D eigenvalue weighted by molar-refractivity contribution is 5.71. The standard InChI is InChI=1S/C47H90O6/c1-5-7-9-11-13-14-15-16-17-18-19-20-21-22-23-27-32-36-40-47(50)53-44(41-51-45(48)38-34-30-25-12-10-8-6-2)42-52-46(49)39-35-31-28-24-26-29-33-37-43(3)4/h43-44H,5-42H2,1-4H3/t44-/m1/s1. The fourth-order valence-electron chi connectivity index (χ4n) is 6.98. The summed E-state index contributed by atoms with van der Waals surface area (Å²) in [5.74, 6) is -0.0805. The van der Waals surface area contributed by atoms with Crippen molar-refractivity contribution in [2.75, 3.05) is 13.2 Å². The number of esters is 3. The quantitative estimate of drug-likeness (QED) is 0.0351. The molecule has 6 heteroatoms. The predicted molar refractivity (Wildman–Crippen MR) is 224 cm³/mol. The molecule has 0 aromatic rings. The third-order valence-corrected chi connectivity index (χ3v) is 10.5. The second-order valence-corrected chi connectivity index (χ2v) is 16.5. The van der Waals surface area contributed by atoms with Crippen LogP contribution in [0.4, 0.5) is 0 Å². The normalized spacial score (nSPS) is 11.9. The molecule has 0 aromatic heterocycles. The van der Waals surface area contributed by atoms with Crippen molar-refractivity contribution < 1.29 is 28.6 Å². The molecule has 0 heterocycles. The molecule has 0 aliphatic carbocycles. The third-order valence-electron chi connectivity index (χ3n) is 10.5. The van der Waals surface area contributed by atoms with Crippen molar-refractivity contribution in [1.29, 1.82) is 0 Å². The van der Waals surface area contributed by atoms with Crippen LogP contribution in [0.1, 0.15) is 259 Å². The monoisotopic (exact) mass is 751 g/mol. The average Bonchev–Trinajstić information content (AvgIpc) is 3.14. The number of carbonyl (C=O) groups excluding carboxylic acids is 3. The van der Waals surface area contributed by atoms with E-state index >= 15 is 0 Å². The number of hydrogen-bond acceptors (Lipinski definition) is 6. The topological polar surface area (TPSA) is 78.9 Å². The van der Waals surface area contributed by atoms with Crippen LogP contribution in [0.25, 0.3) is 0 Å². The molecule has 0 aliphatic rings. The van der Waals surface area contributed by atoms with Crippen LogP contribution in [0, 0.1) is 5.92 Å². The van der Waals surface area contributed by atoms with Crippen molar-refractivity contribution in [3.8, 4) is 0 Å². The molecule has 0 unspecified atom stereocenters. The molecule has 0 aromatic carbocycles. The molecule has 0 rings (SSSR count). The first kappa shape index (κ1) is 51.4. The van der Waals surface area contributed by atoms with Gasteiger partial charge in [-0.25, -0.2) is 0 Å². The van der Waals surface area contributed by atoms with Gasteiger partial charge >= 0.3 is 17.9 Å². The van der Waals surface area contributed by atoms with Crippen LogP contribution < -0.4 is 0 Å². The first-order valence-corrected chi connectivity index (χ1v) is 23.4. The van der Waals surface area contributed by atoms with Gasteiger partial charge in [-0.15, -0.1) is 0 Å². The van der Waals surface area contributed by atoms with Crippen LogP contribution >= 0.6 is 0 Å². The van der Waals surface area contributed by atoms with Gasteiger partial charge in [0.05, 0.1) is 0 Å². The second-order valence-electron chi connectivity index (χ2n) is 16.5. The lowest BCUT2D eigenvalue weighted by molar-refractivity contribution is -0.167. The van der Waals surface area contributed by atoms with Crippen LogP contribution in [0.3, 0.4) is 0 Å². The molecule has 0 saturated heterocycles. The van der Waals surface area contributed by atoms with E-state index in [2.05, 4.69) is 27.7 Å². The summed E-state index contributed by atoms with van der Waals surface area (Å²) < 4.78 is 16.7. The Hall–Kier alpha value is -1.59. The van der Waals surface area contributed by atoms with Crippen LogP contribution in [0.5, 0.6) is 0 Å². The van der Waals surface area contributed by atoms with Gasteiger partial charge in [-0.2, -0.15) is 0 Å². The largest absolute Gasteiger partial charge is 0.462 e. The molecule has 0 bridgehead atoms. The van der Waals surface area contributed by atoms with Gasteiger partial charge in [0.25, 0.3) is 0 Å². The van der Waals surface area contributed by atoms with E-state index < -0.39 is 6.10 Å². The molecule has 0 radical (unpaired) electrons. The zero-order valence-corrected chi connectivity index (χ0v) is 36.0. The van der Waals surface area contributed by atoms with E-state index in [1.54, 1.807) is 0 Å². The maximum atomic E-state index is 12.7. The highest BCUT2D eigenvalue weighted by atomic mass is 16.6. The highest BCUT2D eigenvalue weighted by Gasteiger charge is 2.19. The number of rotatable bonds is 42. The van der Waals surface area contributed by atoms with Crippen molar-refractivity contribution in [2.45, 2.75) is 265 Å². The molecule has 0 spiro atoms. The zero-order chi connectivity index (χ0) is 38.9. The molecule has 6 nitrogen and oxygen atoms in total. The van der Waals surface area contributed by atoms with Crippen LogP contribution in [-0.4, -0.2) is 37.2 Å². The third kappa shape index (κ3) is 41.4. The van der Waals surface area contributed by atoms with E-state index in [4.69, 9.17) is 14.2 Å². The fraction of sp³-hybridized carbons (Fsp3) is 0.936. The molecule has 0 saturated carbocycles. The van der Waals surface area contributed by atoms with Crippen molar-refractivity contribution >= 4 is 17.9 Å². The first-order chi connectivity index (χ1) is 25.9. The van der Waals surface area contributed by atoms with E-state index in [1.165, 1.54) is 154 Å². The van der Waals surface area contributed by atoms with Crippen LogP contribution in [0.2, 0.25) is 0 Å². The van der Waals surface area contributed by atoms with Gasteiger partial charge in [0.2, 0.25) is 0 Å². The minimum absolute atomic E-state index is 0.0652. The first-order valence-electron chi connectivity index (χ1n) is 23.4. The Labute approximate surface area is 329 Å². The minimum atomic E-state index is -0.758. The molecule has 314 valence electrons. The van der Waals surface area contributed by atoms with Crippen molar-refractivity contribution in [3.05, 3.63) is 0 Å². The lowest BCUT2D eigenvalue weighted by Crippen LogP contribution is -2.30. The summed E-state index contributed by atoms with van der Waals surface area (Å²) >= 11 is 0. The number of hydrogen-bond donors (Lipinski definition) is 0. The summed E-state index contributed by atoms with van der Waals surface area (Å²) in [4.78, 5) is 37.6. The van der Waals surface area contributed by atoms with E-state index in [-0.39, 0.29) is 31.1 Å². The van der Waals surface area contributed by atoms with Crippen molar-refractivity contribution in [3.63, 3.8) is 0 Å². The van der Waals surface area contributed by atoms with Gasteiger partial charge in [-0.1, -0.05) is 220 Å². The van der Waals surface area contributed by atoms with Gasteiger partial charge in [-0.3, -0.25) is 14.4 Å². The van der Waals surface area contributed by atoms with Crippen molar-refractivity contribution in [1.82, 2.24) is 0 Å². The molecule has 0 aliphatic heterocycles. The van der Waals surface area contributed by atoms with E-state index in [0.29, 0.717) is 19.3 Å². The summed E-state index contributed by atoms with van der Waals surface area (Å²) in [6.45, 7) is 8.91.